The molecule has 0 amide bonds. The van der Waals surface area contributed by atoms with Crippen molar-refractivity contribution < 1.29 is 10.0 Å². The Balaban J connectivity index is 3.11. The highest BCUT2D eigenvalue weighted by atomic mass is 35.5. The molecule has 0 saturated heterocycles. The minimum atomic E-state index is -0.608. The molecule has 0 aliphatic rings. The van der Waals surface area contributed by atoms with Crippen LogP contribution in [-0.4, -0.2) is 28.7 Å². The van der Waals surface area contributed by atoms with E-state index in [0.717, 1.165) is 0 Å². The van der Waals surface area contributed by atoms with E-state index in [1.54, 1.807) is 7.05 Å². The summed E-state index contributed by atoms with van der Waals surface area (Å²) < 4.78 is 0. The van der Waals surface area contributed by atoms with Gasteiger partial charge in [-0.3, -0.25) is 10.1 Å². The second-order valence-electron chi connectivity index (χ2n) is 2.86. The minimum absolute atomic E-state index is 0.156. The largest absolute Gasteiger partial charge is 0.394 e. The average Bonchev–Trinajstić information content (AvgIpc) is 2.21. The average molecular weight is 232 g/mol. The standard InChI is InChI=1S/C8H10ClN3O3/c1-10-6(4-13)5-2-7(12(14)15)8(9)11-3-5/h2-3,6,10,13H,4H2,1H3/t6-/m1/s1. The molecule has 0 unspecified atom stereocenters. The molecule has 82 valence electrons. The van der Waals surface area contributed by atoms with E-state index in [-0.39, 0.29) is 23.5 Å². The smallest absolute Gasteiger partial charge is 0.306 e. The molecule has 15 heavy (non-hydrogen) atoms. The molecule has 0 spiro atoms. The van der Waals surface area contributed by atoms with E-state index in [9.17, 15) is 10.1 Å². The van der Waals surface area contributed by atoms with Gasteiger partial charge in [-0.15, -0.1) is 0 Å². The van der Waals surface area contributed by atoms with E-state index >= 15 is 0 Å². The van der Waals surface area contributed by atoms with Gasteiger partial charge in [0, 0.05) is 12.3 Å². The number of aromatic nitrogens is 1. The molecule has 0 radical (unpaired) electrons. The zero-order valence-corrected chi connectivity index (χ0v) is 8.73. The van der Waals surface area contributed by atoms with Gasteiger partial charge in [0.15, 0.2) is 0 Å². The van der Waals surface area contributed by atoms with Crippen LogP contribution in [0.3, 0.4) is 0 Å². The van der Waals surface area contributed by atoms with Crippen molar-refractivity contribution in [3.8, 4) is 0 Å². The fourth-order valence-corrected chi connectivity index (χ4v) is 1.31. The topological polar surface area (TPSA) is 88.3 Å². The minimum Gasteiger partial charge on any atom is -0.394 e. The summed E-state index contributed by atoms with van der Waals surface area (Å²) in [7, 11) is 1.64. The van der Waals surface area contributed by atoms with Gasteiger partial charge in [0.1, 0.15) is 0 Å². The van der Waals surface area contributed by atoms with Crippen molar-refractivity contribution in [3.63, 3.8) is 0 Å². The zero-order chi connectivity index (χ0) is 11.4. The van der Waals surface area contributed by atoms with Gasteiger partial charge in [0.05, 0.1) is 17.6 Å². The number of likely N-dealkylation sites (N-methyl/N-ethyl adjacent to an activating group) is 1. The summed E-state index contributed by atoms with van der Waals surface area (Å²) in [5.41, 5.74) is 0.263. The lowest BCUT2D eigenvalue weighted by Crippen LogP contribution is -2.20. The van der Waals surface area contributed by atoms with Crippen molar-refractivity contribution in [1.82, 2.24) is 10.3 Å². The van der Waals surface area contributed by atoms with E-state index in [1.165, 1.54) is 12.3 Å². The van der Waals surface area contributed by atoms with Gasteiger partial charge in [0.25, 0.3) is 0 Å². The molecule has 1 aromatic rings. The lowest BCUT2D eigenvalue weighted by molar-refractivity contribution is -0.385. The first-order chi connectivity index (χ1) is 7.10. The summed E-state index contributed by atoms with van der Waals surface area (Å²) in [5, 5.41) is 22.2. The number of hydrogen-bond acceptors (Lipinski definition) is 5. The Labute approximate surface area is 91.0 Å². The highest BCUT2D eigenvalue weighted by Gasteiger charge is 2.17. The van der Waals surface area contributed by atoms with Crippen molar-refractivity contribution in [1.29, 1.82) is 0 Å². The van der Waals surface area contributed by atoms with Crippen LogP contribution in [0.4, 0.5) is 5.69 Å². The maximum Gasteiger partial charge on any atom is 0.306 e. The van der Waals surface area contributed by atoms with Gasteiger partial charge in [-0.25, -0.2) is 4.98 Å². The van der Waals surface area contributed by atoms with Crippen molar-refractivity contribution in [2.45, 2.75) is 6.04 Å². The monoisotopic (exact) mass is 231 g/mol. The number of nitro groups is 1. The number of halogens is 1. The first-order valence-electron chi connectivity index (χ1n) is 4.18. The lowest BCUT2D eigenvalue weighted by Gasteiger charge is -2.12. The van der Waals surface area contributed by atoms with Gasteiger partial charge in [0.2, 0.25) is 5.15 Å². The van der Waals surface area contributed by atoms with Crippen molar-refractivity contribution in [2.24, 2.45) is 0 Å². The van der Waals surface area contributed by atoms with E-state index in [1.807, 2.05) is 0 Å². The van der Waals surface area contributed by atoms with Crippen LogP contribution in [0.5, 0.6) is 0 Å². The molecule has 1 atom stereocenters. The Morgan fingerprint density at radius 2 is 2.47 bits per heavy atom. The maximum absolute atomic E-state index is 10.6. The molecule has 0 saturated carbocycles. The summed E-state index contributed by atoms with van der Waals surface area (Å²) in [6.45, 7) is -0.170. The molecule has 0 aromatic carbocycles. The molecule has 2 N–H and O–H groups in total. The van der Waals surface area contributed by atoms with Crippen LogP contribution in [0.25, 0.3) is 0 Å². The van der Waals surface area contributed by atoms with Crippen molar-refractivity contribution in [3.05, 3.63) is 33.1 Å². The highest BCUT2D eigenvalue weighted by Crippen LogP contribution is 2.24. The number of nitrogens with one attached hydrogen (secondary N) is 1. The molecular weight excluding hydrogens is 222 g/mol. The van der Waals surface area contributed by atoms with Crippen LogP contribution in [0.15, 0.2) is 12.3 Å². The lowest BCUT2D eigenvalue weighted by atomic mass is 10.1. The summed E-state index contributed by atoms with van der Waals surface area (Å²) in [6.07, 6.45) is 1.40. The van der Waals surface area contributed by atoms with Crippen LogP contribution in [0.1, 0.15) is 11.6 Å². The van der Waals surface area contributed by atoms with Crippen LogP contribution in [0.2, 0.25) is 5.15 Å². The van der Waals surface area contributed by atoms with E-state index in [0.29, 0.717) is 5.56 Å². The first-order valence-corrected chi connectivity index (χ1v) is 4.56. The summed E-state index contributed by atoms with van der Waals surface area (Å²) in [4.78, 5) is 13.7. The molecule has 0 bridgehead atoms. The molecule has 0 aliphatic heterocycles. The van der Waals surface area contributed by atoms with Gasteiger partial charge >= 0.3 is 5.69 Å². The summed E-state index contributed by atoms with van der Waals surface area (Å²) in [5.74, 6) is 0. The SMILES string of the molecule is CN[C@H](CO)c1cnc(Cl)c([N+](=O)[O-])c1. The quantitative estimate of drug-likeness (QED) is 0.457. The van der Waals surface area contributed by atoms with Crippen molar-refractivity contribution in [2.75, 3.05) is 13.7 Å². The summed E-state index contributed by atoms with van der Waals surface area (Å²) in [6, 6.07) is 0.917. The fourth-order valence-electron chi connectivity index (χ4n) is 1.13. The third-order valence-corrected chi connectivity index (χ3v) is 2.26. The molecule has 1 aromatic heterocycles. The second kappa shape index (κ2) is 5.01. The van der Waals surface area contributed by atoms with Crippen LogP contribution in [0, 0.1) is 10.1 Å². The Hall–Kier alpha value is -1.24. The van der Waals surface area contributed by atoms with Gasteiger partial charge in [-0.1, -0.05) is 11.6 Å². The first kappa shape index (κ1) is 11.8. The normalized spacial score (nSPS) is 12.5. The Kier molecular flexibility index (Phi) is 3.96. The maximum atomic E-state index is 10.6. The van der Waals surface area contributed by atoms with E-state index in [2.05, 4.69) is 10.3 Å². The van der Waals surface area contributed by atoms with Gasteiger partial charge < -0.3 is 10.4 Å². The number of aliphatic hydroxyl groups excluding tert-OH is 1. The van der Waals surface area contributed by atoms with E-state index < -0.39 is 4.92 Å². The number of aliphatic hydroxyl groups is 1. The Bertz CT molecular complexity index is 368. The third kappa shape index (κ3) is 2.62. The van der Waals surface area contributed by atoms with Crippen LogP contribution < -0.4 is 5.32 Å². The van der Waals surface area contributed by atoms with Crippen LogP contribution in [-0.2, 0) is 0 Å². The van der Waals surface area contributed by atoms with Crippen LogP contribution >= 0.6 is 11.6 Å². The zero-order valence-electron chi connectivity index (χ0n) is 7.98. The van der Waals surface area contributed by atoms with Crippen molar-refractivity contribution >= 4 is 17.3 Å². The third-order valence-electron chi connectivity index (χ3n) is 1.97. The molecular formula is C8H10ClN3O3. The Morgan fingerprint density at radius 1 is 1.80 bits per heavy atom. The molecule has 6 nitrogen and oxygen atoms in total. The fraction of sp³-hybridized carbons (Fsp3) is 0.375. The van der Waals surface area contributed by atoms with E-state index in [4.69, 9.17) is 16.7 Å². The number of nitrogens with zero attached hydrogens (tertiary/aromatic N) is 2. The molecule has 1 heterocycles. The molecule has 0 fully saturated rings. The number of rotatable bonds is 4. The summed E-state index contributed by atoms with van der Waals surface area (Å²) >= 11 is 5.55. The number of pyridine rings is 1. The van der Waals surface area contributed by atoms with Gasteiger partial charge in [-0.2, -0.15) is 0 Å². The second-order valence-corrected chi connectivity index (χ2v) is 3.22. The highest BCUT2D eigenvalue weighted by molar-refractivity contribution is 6.31. The molecule has 7 heteroatoms. The number of hydrogen-bond donors (Lipinski definition) is 2. The predicted molar refractivity (Wildman–Crippen MR) is 54.8 cm³/mol. The molecule has 0 aliphatic carbocycles. The Morgan fingerprint density at radius 3 is 2.93 bits per heavy atom. The van der Waals surface area contributed by atoms with Gasteiger partial charge in [-0.05, 0) is 12.6 Å². The predicted octanol–water partition coefficient (Wildman–Crippen LogP) is 0.896. The molecule has 1 rings (SSSR count).